The molecule has 0 bridgehead atoms. The van der Waals surface area contributed by atoms with Gasteiger partial charge in [-0.25, -0.2) is 0 Å². The zero-order valence-electron chi connectivity index (χ0n) is 40.7. The lowest BCUT2D eigenvalue weighted by molar-refractivity contribution is 0.137. The van der Waals surface area contributed by atoms with E-state index < -0.39 is 0 Å². The second kappa shape index (κ2) is 17.9. The van der Waals surface area contributed by atoms with Gasteiger partial charge < -0.3 is 9.80 Å². The van der Waals surface area contributed by atoms with Crippen LogP contribution >= 0.6 is 0 Å². The summed E-state index contributed by atoms with van der Waals surface area (Å²) in [5.74, 6) is 0.594. The summed E-state index contributed by atoms with van der Waals surface area (Å²) in [5, 5.41) is 0. The van der Waals surface area contributed by atoms with Gasteiger partial charge in [-0.15, -0.1) is 0 Å². The van der Waals surface area contributed by atoms with Crippen molar-refractivity contribution in [3.63, 3.8) is 0 Å². The minimum Gasteiger partial charge on any atom is -0.311 e. The smallest absolute Gasteiger partial charge is 0.0465 e. The standard InChI is InChI=1S/C67H62N2/c1-65(2,3)53-24-19-45-67(47-53,51-33-39-57(40-34-51)68(54-25-14-8-15-26-54)56-37-31-49(32-38-56)48-20-10-6-11-21-48)52-35-41-58(42-36-52)69(55-27-16-9-17-28-55)59-43-44-61-63(46-59)66(4,5)62-30-18-29-60(64(61)62)50-22-12-7-13-23-50/h6-18,20-23,25-44,46,53H,19,24,45,47H2,1-5H3. The third kappa shape index (κ3) is 8.16. The number of anilines is 6. The summed E-state index contributed by atoms with van der Waals surface area (Å²) in [6.07, 6.45) is 4.70. The molecule has 69 heavy (non-hydrogen) atoms. The number of benzene rings is 9. The van der Waals surface area contributed by atoms with Crippen molar-refractivity contribution in [1.82, 2.24) is 0 Å². The first-order valence-electron chi connectivity index (χ1n) is 25.0. The van der Waals surface area contributed by atoms with E-state index in [9.17, 15) is 0 Å². The van der Waals surface area contributed by atoms with Crippen molar-refractivity contribution < 1.29 is 0 Å². The van der Waals surface area contributed by atoms with E-state index >= 15 is 0 Å². The summed E-state index contributed by atoms with van der Waals surface area (Å²) in [6.45, 7) is 12.1. The fourth-order valence-electron chi connectivity index (χ4n) is 11.8. The Labute approximate surface area is 410 Å². The van der Waals surface area contributed by atoms with Crippen LogP contribution in [0.2, 0.25) is 0 Å². The number of rotatable bonds is 10. The van der Waals surface area contributed by atoms with Crippen LogP contribution in [0.4, 0.5) is 34.1 Å². The Morgan fingerprint density at radius 1 is 0.406 bits per heavy atom. The van der Waals surface area contributed by atoms with Crippen molar-refractivity contribution in [3.05, 3.63) is 253 Å². The van der Waals surface area contributed by atoms with Gasteiger partial charge in [-0.3, -0.25) is 0 Å². The molecule has 2 unspecified atom stereocenters. The highest BCUT2D eigenvalue weighted by atomic mass is 15.1. The molecule has 0 N–H and O–H groups in total. The Hall–Kier alpha value is -7.42. The molecule has 0 spiro atoms. The quantitative estimate of drug-likeness (QED) is 0.135. The van der Waals surface area contributed by atoms with Crippen molar-refractivity contribution in [2.45, 2.75) is 71.1 Å². The molecule has 0 aromatic heterocycles. The lowest BCUT2D eigenvalue weighted by Gasteiger charge is -2.46. The molecule has 11 rings (SSSR count). The van der Waals surface area contributed by atoms with Crippen molar-refractivity contribution in [1.29, 1.82) is 0 Å². The topological polar surface area (TPSA) is 6.48 Å². The van der Waals surface area contributed by atoms with E-state index in [1.165, 1.54) is 74.2 Å². The molecular weight excluding hydrogens is 833 g/mol. The molecule has 9 aromatic carbocycles. The van der Waals surface area contributed by atoms with Gasteiger partial charge in [0.25, 0.3) is 0 Å². The largest absolute Gasteiger partial charge is 0.311 e. The Balaban J connectivity index is 0.972. The summed E-state index contributed by atoms with van der Waals surface area (Å²) in [4.78, 5) is 4.84. The predicted molar refractivity (Wildman–Crippen MR) is 293 cm³/mol. The molecule has 2 heteroatoms. The molecule has 0 radical (unpaired) electrons. The molecule has 0 saturated heterocycles. The minimum atomic E-state index is -0.157. The van der Waals surface area contributed by atoms with Gasteiger partial charge in [-0.05, 0) is 159 Å². The third-order valence-corrected chi connectivity index (χ3v) is 15.6. The number of fused-ring (bicyclic) bond motifs is 3. The van der Waals surface area contributed by atoms with Gasteiger partial charge in [0, 0.05) is 45.0 Å². The molecular formula is C67H62N2. The van der Waals surface area contributed by atoms with E-state index in [0.29, 0.717) is 5.92 Å². The number of para-hydroxylation sites is 2. The van der Waals surface area contributed by atoms with Crippen LogP contribution < -0.4 is 9.80 Å². The van der Waals surface area contributed by atoms with Crippen molar-refractivity contribution in [2.75, 3.05) is 9.80 Å². The minimum absolute atomic E-state index is 0.125. The Morgan fingerprint density at radius 2 is 0.855 bits per heavy atom. The Kier molecular flexibility index (Phi) is 11.4. The van der Waals surface area contributed by atoms with Crippen molar-refractivity contribution in [3.8, 4) is 33.4 Å². The maximum Gasteiger partial charge on any atom is 0.0465 e. The Morgan fingerprint density at radius 3 is 1.39 bits per heavy atom. The van der Waals surface area contributed by atoms with E-state index in [4.69, 9.17) is 0 Å². The van der Waals surface area contributed by atoms with Gasteiger partial charge in [0.05, 0.1) is 0 Å². The molecule has 2 atom stereocenters. The van der Waals surface area contributed by atoms with Crippen LogP contribution in [-0.4, -0.2) is 0 Å². The first kappa shape index (κ1) is 44.1. The van der Waals surface area contributed by atoms with E-state index in [1.54, 1.807) is 0 Å². The van der Waals surface area contributed by atoms with Gasteiger partial charge in [0.15, 0.2) is 0 Å². The number of nitrogens with zero attached hydrogens (tertiary/aromatic N) is 2. The average Bonchev–Trinajstić information content (AvgIpc) is 3.63. The van der Waals surface area contributed by atoms with Crippen LogP contribution in [0.15, 0.2) is 231 Å². The maximum absolute atomic E-state index is 2.46. The third-order valence-electron chi connectivity index (χ3n) is 15.6. The number of hydrogen-bond donors (Lipinski definition) is 0. The molecule has 0 aliphatic heterocycles. The molecule has 2 nitrogen and oxygen atoms in total. The molecule has 2 aliphatic rings. The van der Waals surface area contributed by atoms with E-state index in [2.05, 4.69) is 275 Å². The molecule has 1 fully saturated rings. The molecule has 0 amide bonds. The highest BCUT2D eigenvalue weighted by Crippen LogP contribution is 2.55. The lowest BCUT2D eigenvalue weighted by atomic mass is 9.58. The number of hydrogen-bond acceptors (Lipinski definition) is 2. The summed E-state index contributed by atoms with van der Waals surface area (Å²) in [7, 11) is 0. The highest BCUT2D eigenvalue weighted by Gasteiger charge is 2.43. The SMILES string of the molecule is CC1(C)c2cc(N(c3ccccc3)c3ccc(C4(c5ccc(N(c6ccccc6)c6ccc(-c7ccccc7)cc6)cc5)CCCC(C(C)(C)C)C4)cc3)ccc2-c2c(-c3ccccc3)cccc21. The van der Waals surface area contributed by atoms with Gasteiger partial charge in [0.2, 0.25) is 0 Å². The second-order valence-corrected chi connectivity index (χ2v) is 21.0. The first-order chi connectivity index (χ1) is 33.6. The highest BCUT2D eigenvalue weighted by molar-refractivity contribution is 5.94. The Bertz CT molecular complexity index is 3190. The second-order valence-electron chi connectivity index (χ2n) is 21.0. The van der Waals surface area contributed by atoms with Crippen LogP contribution in [0, 0.1) is 11.3 Å². The molecule has 340 valence electrons. The lowest BCUT2D eigenvalue weighted by Crippen LogP contribution is -2.38. The molecule has 9 aromatic rings. The fraction of sp³-hybridized carbons (Fsp3) is 0.194. The van der Waals surface area contributed by atoms with Crippen molar-refractivity contribution in [2.24, 2.45) is 11.3 Å². The molecule has 2 aliphatic carbocycles. The van der Waals surface area contributed by atoms with Crippen LogP contribution in [0.25, 0.3) is 33.4 Å². The average molecular weight is 895 g/mol. The molecule has 1 saturated carbocycles. The summed E-state index contributed by atoms with van der Waals surface area (Å²) in [6, 6.07) is 85.5. The predicted octanol–water partition coefficient (Wildman–Crippen LogP) is 18.8. The van der Waals surface area contributed by atoms with Crippen LogP contribution in [0.5, 0.6) is 0 Å². The normalized spacial score (nSPS) is 17.1. The molecule has 0 heterocycles. The van der Waals surface area contributed by atoms with Gasteiger partial charge in [0.1, 0.15) is 0 Å². The summed E-state index contributed by atoms with van der Waals surface area (Å²) < 4.78 is 0. The van der Waals surface area contributed by atoms with E-state index in [1.807, 2.05) is 0 Å². The van der Waals surface area contributed by atoms with Crippen molar-refractivity contribution >= 4 is 34.1 Å². The van der Waals surface area contributed by atoms with Crippen LogP contribution in [0.1, 0.15) is 82.6 Å². The zero-order valence-corrected chi connectivity index (χ0v) is 40.7. The zero-order chi connectivity index (χ0) is 47.2. The summed E-state index contributed by atoms with van der Waals surface area (Å²) in [5.41, 5.74) is 20.1. The van der Waals surface area contributed by atoms with Gasteiger partial charge in [-0.2, -0.15) is 0 Å². The first-order valence-corrected chi connectivity index (χ1v) is 25.0. The van der Waals surface area contributed by atoms with Crippen LogP contribution in [0.3, 0.4) is 0 Å². The van der Waals surface area contributed by atoms with E-state index in [0.717, 1.165) is 41.3 Å². The summed E-state index contributed by atoms with van der Waals surface area (Å²) >= 11 is 0. The van der Waals surface area contributed by atoms with Gasteiger partial charge in [-0.1, -0.05) is 199 Å². The van der Waals surface area contributed by atoms with E-state index in [-0.39, 0.29) is 16.2 Å². The fourth-order valence-corrected chi connectivity index (χ4v) is 11.8. The monoisotopic (exact) mass is 894 g/mol. The van der Waals surface area contributed by atoms with Gasteiger partial charge >= 0.3 is 0 Å². The van der Waals surface area contributed by atoms with Crippen LogP contribution in [-0.2, 0) is 10.8 Å². The maximum atomic E-state index is 2.46.